The number of furan rings is 1. The van der Waals surface area contributed by atoms with Gasteiger partial charge >= 0.3 is 5.97 Å². The zero-order valence-corrected chi connectivity index (χ0v) is 16.3. The van der Waals surface area contributed by atoms with Crippen molar-refractivity contribution in [2.45, 2.75) is 13.8 Å². The van der Waals surface area contributed by atoms with Gasteiger partial charge in [0.1, 0.15) is 5.76 Å². The lowest BCUT2D eigenvalue weighted by Gasteiger charge is -2.12. The molecule has 7 nitrogen and oxygen atoms in total. The van der Waals surface area contributed by atoms with E-state index in [1.54, 1.807) is 49.4 Å². The van der Waals surface area contributed by atoms with E-state index in [0.717, 1.165) is 0 Å². The van der Waals surface area contributed by atoms with Crippen LogP contribution in [0.2, 0.25) is 0 Å². The Morgan fingerprint density at radius 1 is 1.03 bits per heavy atom. The van der Waals surface area contributed by atoms with Crippen molar-refractivity contribution >= 4 is 34.4 Å². The number of carboxylic acid groups (broad SMARTS) is 1. The van der Waals surface area contributed by atoms with E-state index in [1.165, 1.54) is 30.0 Å². The molecule has 0 aliphatic carbocycles. The molecule has 0 bridgehead atoms. The number of para-hydroxylation sites is 1. The zero-order chi connectivity index (χ0) is 21.4. The maximum Gasteiger partial charge on any atom is 0.336 e. The Hall–Kier alpha value is -4.13. The number of anilines is 1. The van der Waals surface area contributed by atoms with E-state index in [4.69, 9.17) is 4.42 Å². The van der Waals surface area contributed by atoms with E-state index >= 15 is 0 Å². The lowest BCUT2D eigenvalue weighted by atomic mass is 10.0. The maximum atomic E-state index is 13.1. The Bertz CT molecular complexity index is 1300. The number of hydrogen-bond acceptors (Lipinski definition) is 4. The molecule has 0 aliphatic rings. The monoisotopic (exact) mass is 402 g/mol. The van der Waals surface area contributed by atoms with Gasteiger partial charge in [-0.2, -0.15) is 0 Å². The Balaban J connectivity index is 1.80. The molecule has 0 saturated heterocycles. The second-order valence-electron chi connectivity index (χ2n) is 6.88. The number of nitrogens with one attached hydrogen (secondary N) is 1. The standard InChI is InChI=1S/C23H18N2O5/c1-13-17(23(28)29)10-15(21-8-5-9-30-21)11-19(13)24-22(27)18-12-25(14(2)26)20-7-4-3-6-16(18)20/h3-12H,1-2H3,(H,24,27)(H,28,29). The number of carbonyl (C=O) groups is 3. The van der Waals surface area contributed by atoms with Crippen LogP contribution in [0.3, 0.4) is 0 Å². The number of benzene rings is 2. The van der Waals surface area contributed by atoms with Gasteiger partial charge in [0.25, 0.3) is 5.91 Å². The molecule has 2 aromatic carbocycles. The summed E-state index contributed by atoms with van der Waals surface area (Å²) in [7, 11) is 0. The molecule has 0 radical (unpaired) electrons. The lowest BCUT2D eigenvalue weighted by molar-refractivity contribution is 0.0695. The van der Waals surface area contributed by atoms with Crippen molar-refractivity contribution in [2.75, 3.05) is 5.32 Å². The third-order valence-corrected chi connectivity index (χ3v) is 4.99. The minimum absolute atomic E-state index is 0.0605. The third kappa shape index (κ3) is 3.26. The fourth-order valence-corrected chi connectivity index (χ4v) is 3.46. The average Bonchev–Trinajstić information content (AvgIpc) is 3.37. The molecular weight excluding hydrogens is 384 g/mol. The van der Waals surface area contributed by atoms with Crippen LogP contribution in [0, 0.1) is 6.92 Å². The first-order valence-electron chi connectivity index (χ1n) is 9.21. The van der Waals surface area contributed by atoms with Crippen LogP contribution in [0.25, 0.3) is 22.2 Å². The molecule has 0 aliphatic heterocycles. The van der Waals surface area contributed by atoms with Gasteiger partial charge in [-0.15, -0.1) is 0 Å². The van der Waals surface area contributed by atoms with Crippen LogP contribution in [-0.2, 0) is 0 Å². The van der Waals surface area contributed by atoms with Crippen LogP contribution < -0.4 is 5.32 Å². The van der Waals surface area contributed by atoms with Crippen LogP contribution in [-0.4, -0.2) is 27.5 Å². The molecule has 150 valence electrons. The molecule has 1 amide bonds. The number of nitrogens with zero attached hydrogens (tertiary/aromatic N) is 1. The molecule has 2 heterocycles. The molecule has 4 rings (SSSR count). The quantitative estimate of drug-likeness (QED) is 0.510. The fraction of sp³-hybridized carbons (Fsp3) is 0.0870. The van der Waals surface area contributed by atoms with Gasteiger partial charge in [-0.25, -0.2) is 4.79 Å². The Labute approximate surface area is 171 Å². The number of carbonyl (C=O) groups excluding carboxylic acids is 2. The summed E-state index contributed by atoms with van der Waals surface area (Å²) >= 11 is 0. The summed E-state index contributed by atoms with van der Waals surface area (Å²) in [5, 5.41) is 13.0. The van der Waals surface area contributed by atoms with Crippen molar-refractivity contribution < 1.29 is 23.9 Å². The van der Waals surface area contributed by atoms with Gasteiger partial charge in [-0.1, -0.05) is 18.2 Å². The van der Waals surface area contributed by atoms with E-state index in [0.29, 0.717) is 39.0 Å². The summed E-state index contributed by atoms with van der Waals surface area (Å²) in [6.45, 7) is 3.05. The summed E-state index contributed by atoms with van der Waals surface area (Å²) in [5.74, 6) is -1.28. The van der Waals surface area contributed by atoms with Crippen molar-refractivity contribution in [1.29, 1.82) is 0 Å². The van der Waals surface area contributed by atoms with Crippen LogP contribution in [0.1, 0.15) is 38.0 Å². The third-order valence-electron chi connectivity index (χ3n) is 4.99. The molecule has 0 unspecified atom stereocenters. The molecule has 0 spiro atoms. The average molecular weight is 402 g/mol. The van der Waals surface area contributed by atoms with E-state index in [2.05, 4.69) is 5.32 Å². The minimum atomic E-state index is -1.11. The normalized spacial score (nSPS) is 10.9. The predicted molar refractivity (Wildman–Crippen MR) is 112 cm³/mol. The van der Waals surface area contributed by atoms with E-state index in [1.807, 2.05) is 0 Å². The zero-order valence-electron chi connectivity index (χ0n) is 16.3. The van der Waals surface area contributed by atoms with E-state index in [9.17, 15) is 19.5 Å². The van der Waals surface area contributed by atoms with Gasteiger partial charge in [0.2, 0.25) is 5.91 Å². The molecule has 30 heavy (non-hydrogen) atoms. The first-order chi connectivity index (χ1) is 14.4. The number of fused-ring (bicyclic) bond motifs is 1. The number of aromatic carboxylic acids is 1. The summed E-state index contributed by atoms with van der Waals surface area (Å²) in [6.07, 6.45) is 2.98. The minimum Gasteiger partial charge on any atom is -0.478 e. The summed E-state index contributed by atoms with van der Waals surface area (Å²) in [4.78, 5) is 36.8. The summed E-state index contributed by atoms with van der Waals surface area (Å²) < 4.78 is 6.80. The highest BCUT2D eigenvalue weighted by Crippen LogP contribution is 2.30. The van der Waals surface area contributed by atoms with Gasteiger partial charge in [-0.05, 0) is 42.8 Å². The van der Waals surface area contributed by atoms with Crippen LogP contribution in [0.15, 0.2) is 65.4 Å². The molecule has 0 fully saturated rings. The van der Waals surface area contributed by atoms with Gasteiger partial charge < -0.3 is 14.8 Å². The number of hydrogen-bond donors (Lipinski definition) is 2. The Morgan fingerprint density at radius 3 is 2.47 bits per heavy atom. The number of carboxylic acids is 1. The van der Waals surface area contributed by atoms with Gasteiger partial charge in [0.15, 0.2) is 0 Å². The topological polar surface area (TPSA) is 102 Å². The van der Waals surface area contributed by atoms with E-state index in [-0.39, 0.29) is 11.5 Å². The second-order valence-corrected chi connectivity index (χ2v) is 6.88. The predicted octanol–water partition coefficient (Wildman–Crippen LogP) is 4.82. The smallest absolute Gasteiger partial charge is 0.336 e. The molecule has 2 aromatic heterocycles. The number of aromatic nitrogens is 1. The SMILES string of the molecule is CC(=O)n1cc(C(=O)Nc2cc(-c3ccco3)cc(C(=O)O)c2C)c2ccccc21. The Morgan fingerprint density at radius 2 is 1.80 bits per heavy atom. The van der Waals surface area contributed by atoms with Crippen LogP contribution >= 0.6 is 0 Å². The highest BCUT2D eigenvalue weighted by molar-refractivity contribution is 6.15. The van der Waals surface area contributed by atoms with Crippen LogP contribution in [0.5, 0.6) is 0 Å². The largest absolute Gasteiger partial charge is 0.478 e. The van der Waals surface area contributed by atoms with Crippen molar-refractivity contribution in [2.24, 2.45) is 0 Å². The van der Waals surface area contributed by atoms with Gasteiger partial charge in [0.05, 0.1) is 22.9 Å². The first kappa shape index (κ1) is 19.2. The number of amides is 1. The highest BCUT2D eigenvalue weighted by atomic mass is 16.4. The van der Waals surface area contributed by atoms with Crippen molar-refractivity contribution in [1.82, 2.24) is 4.57 Å². The second kappa shape index (κ2) is 7.36. The molecule has 4 aromatic rings. The van der Waals surface area contributed by atoms with Gasteiger partial charge in [-0.3, -0.25) is 14.2 Å². The first-order valence-corrected chi connectivity index (χ1v) is 9.21. The summed E-state index contributed by atoms with van der Waals surface area (Å²) in [5.41, 5.74) is 2.31. The molecular formula is C23H18N2O5. The van der Waals surface area contributed by atoms with Crippen molar-refractivity contribution in [3.8, 4) is 11.3 Å². The molecule has 2 N–H and O–H groups in total. The molecule has 7 heteroatoms. The molecule has 0 saturated carbocycles. The van der Waals surface area contributed by atoms with Crippen molar-refractivity contribution in [3.63, 3.8) is 0 Å². The fourth-order valence-electron chi connectivity index (χ4n) is 3.46. The van der Waals surface area contributed by atoms with Crippen LogP contribution in [0.4, 0.5) is 5.69 Å². The highest BCUT2D eigenvalue weighted by Gasteiger charge is 2.20. The summed E-state index contributed by atoms with van der Waals surface area (Å²) in [6, 6.07) is 13.7. The van der Waals surface area contributed by atoms with Crippen molar-refractivity contribution in [3.05, 3.63) is 77.7 Å². The van der Waals surface area contributed by atoms with Gasteiger partial charge in [0, 0.05) is 29.8 Å². The molecule has 0 atom stereocenters. The van der Waals surface area contributed by atoms with E-state index < -0.39 is 11.9 Å². The maximum absolute atomic E-state index is 13.1. The Kier molecular flexibility index (Phi) is 4.71. The lowest BCUT2D eigenvalue weighted by Crippen LogP contribution is -2.14. The number of rotatable bonds is 4.